The second-order valence-corrected chi connectivity index (χ2v) is 7.23. The quantitative estimate of drug-likeness (QED) is 0.618. The fraction of sp³-hybridized carbons (Fsp3) is 0.200. The summed E-state index contributed by atoms with van der Waals surface area (Å²) in [4.78, 5) is 29.1. The number of anilines is 2. The van der Waals surface area contributed by atoms with Gasteiger partial charge in [-0.2, -0.15) is 0 Å². The van der Waals surface area contributed by atoms with Gasteiger partial charge in [-0.1, -0.05) is 54.6 Å². The number of para-hydroxylation sites is 1. The van der Waals surface area contributed by atoms with Gasteiger partial charge in [-0.25, -0.2) is 0 Å². The van der Waals surface area contributed by atoms with Crippen molar-refractivity contribution in [2.75, 3.05) is 22.9 Å². The van der Waals surface area contributed by atoms with Crippen LogP contribution < -0.4 is 9.80 Å². The molecule has 1 aliphatic rings. The minimum Gasteiger partial charge on any atom is -0.312 e. The van der Waals surface area contributed by atoms with E-state index in [1.807, 2.05) is 77.7 Å². The van der Waals surface area contributed by atoms with Crippen molar-refractivity contribution in [2.45, 2.75) is 19.3 Å². The van der Waals surface area contributed by atoms with Crippen molar-refractivity contribution in [2.24, 2.45) is 0 Å². The molecule has 1 aliphatic heterocycles. The molecule has 0 aliphatic carbocycles. The zero-order chi connectivity index (χ0) is 20.1. The van der Waals surface area contributed by atoms with Gasteiger partial charge in [0.1, 0.15) is 0 Å². The van der Waals surface area contributed by atoms with Gasteiger partial charge in [-0.15, -0.1) is 0 Å². The second kappa shape index (κ2) is 8.74. The predicted octanol–water partition coefficient (Wildman–Crippen LogP) is 4.70. The van der Waals surface area contributed by atoms with Gasteiger partial charge in [0.05, 0.1) is 0 Å². The number of rotatable bonds is 6. The van der Waals surface area contributed by atoms with E-state index >= 15 is 0 Å². The average Bonchev–Trinajstić information content (AvgIpc) is 3.21. The summed E-state index contributed by atoms with van der Waals surface area (Å²) in [6.07, 6.45) is 2.21. The average molecular weight is 384 g/mol. The van der Waals surface area contributed by atoms with Crippen LogP contribution in [0.5, 0.6) is 0 Å². The molecule has 0 saturated carbocycles. The van der Waals surface area contributed by atoms with Crippen LogP contribution in [-0.4, -0.2) is 24.9 Å². The number of amides is 2. The number of hydrogen-bond acceptors (Lipinski definition) is 2. The molecule has 29 heavy (non-hydrogen) atoms. The molecule has 3 aromatic carbocycles. The molecule has 4 nitrogen and oxygen atoms in total. The lowest BCUT2D eigenvalue weighted by Crippen LogP contribution is -2.33. The fourth-order valence-corrected chi connectivity index (χ4v) is 3.73. The van der Waals surface area contributed by atoms with E-state index in [-0.39, 0.29) is 11.8 Å². The number of hydrogen-bond donors (Lipinski definition) is 0. The molecule has 0 N–H and O–H groups in total. The number of benzene rings is 3. The van der Waals surface area contributed by atoms with E-state index in [1.54, 1.807) is 4.90 Å². The summed E-state index contributed by atoms with van der Waals surface area (Å²) in [5.41, 5.74) is 3.46. The lowest BCUT2D eigenvalue weighted by Gasteiger charge is -2.24. The molecule has 1 saturated heterocycles. The molecule has 146 valence electrons. The molecule has 0 radical (unpaired) electrons. The Morgan fingerprint density at radius 1 is 0.897 bits per heavy atom. The van der Waals surface area contributed by atoms with Crippen LogP contribution in [0.1, 0.15) is 28.8 Å². The van der Waals surface area contributed by atoms with Gasteiger partial charge in [0.2, 0.25) is 5.91 Å². The van der Waals surface area contributed by atoms with Crippen molar-refractivity contribution in [1.82, 2.24) is 0 Å². The summed E-state index contributed by atoms with van der Waals surface area (Å²) in [7, 11) is 0. The lowest BCUT2D eigenvalue weighted by atomic mass is 10.1. The first kappa shape index (κ1) is 18.9. The first-order valence-corrected chi connectivity index (χ1v) is 10.0. The van der Waals surface area contributed by atoms with E-state index in [4.69, 9.17) is 0 Å². The van der Waals surface area contributed by atoms with Crippen LogP contribution in [0.4, 0.5) is 11.4 Å². The Bertz CT molecular complexity index is 986. The van der Waals surface area contributed by atoms with E-state index in [0.717, 1.165) is 24.2 Å². The molecular formula is C25H24N2O2. The molecule has 4 rings (SSSR count). The van der Waals surface area contributed by atoms with Gasteiger partial charge in [-0.3, -0.25) is 9.59 Å². The Labute approximate surface area is 171 Å². The summed E-state index contributed by atoms with van der Waals surface area (Å²) in [5.74, 6) is 0.0687. The van der Waals surface area contributed by atoms with Crippen LogP contribution in [0.3, 0.4) is 0 Å². The van der Waals surface area contributed by atoms with Crippen LogP contribution in [0, 0.1) is 0 Å². The van der Waals surface area contributed by atoms with E-state index in [0.29, 0.717) is 25.1 Å². The van der Waals surface area contributed by atoms with E-state index < -0.39 is 0 Å². The topological polar surface area (TPSA) is 40.6 Å². The zero-order valence-corrected chi connectivity index (χ0v) is 16.3. The molecule has 4 heteroatoms. The van der Waals surface area contributed by atoms with Crippen molar-refractivity contribution < 1.29 is 9.59 Å². The third-order valence-electron chi connectivity index (χ3n) is 5.26. The summed E-state index contributed by atoms with van der Waals surface area (Å²) in [6, 6.07) is 27.3. The van der Waals surface area contributed by atoms with Gasteiger partial charge in [-0.05, 0) is 48.7 Å². The van der Waals surface area contributed by atoms with Crippen molar-refractivity contribution in [3.8, 4) is 0 Å². The fourth-order valence-electron chi connectivity index (χ4n) is 3.73. The summed E-state index contributed by atoms with van der Waals surface area (Å²) in [6.45, 7) is 1.30. The molecule has 3 aromatic rings. The number of nitrogens with zero attached hydrogens (tertiary/aromatic N) is 2. The molecule has 0 unspecified atom stereocenters. The van der Waals surface area contributed by atoms with E-state index in [2.05, 4.69) is 12.1 Å². The number of carbonyl (C=O) groups is 2. The highest BCUT2D eigenvalue weighted by atomic mass is 16.2. The normalized spacial score (nSPS) is 13.5. The van der Waals surface area contributed by atoms with Gasteiger partial charge in [0, 0.05) is 36.4 Å². The molecule has 2 amide bonds. The largest absolute Gasteiger partial charge is 0.312 e. The first-order valence-electron chi connectivity index (χ1n) is 10.0. The monoisotopic (exact) mass is 384 g/mol. The zero-order valence-electron chi connectivity index (χ0n) is 16.3. The molecule has 0 spiro atoms. The van der Waals surface area contributed by atoms with Crippen molar-refractivity contribution >= 4 is 23.2 Å². The third-order valence-corrected chi connectivity index (χ3v) is 5.26. The van der Waals surface area contributed by atoms with Crippen LogP contribution in [-0.2, 0) is 11.2 Å². The number of carbonyl (C=O) groups excluding carboxylic acids is 2. The Morgan fingerprint density at radius 2 is 1.62 bits per heavy atom. The Hall–Kier alpha value is -3.40. The molecule has 1 fully saturated rings. The summed E-state index contributed by atoms with van der Waals surface area (Å²) < 4.78 is 0. The van der Waals surface area contributed by atoms with Crippen LogP contribution in [0.15, 0.2) is 84.9 Å². The highest BCUT2D eigenvalue weighted by Crippen LogP contribution is 2.24. The maximum atomic E-state index is 13.4. The van der Waals surface area contributed by atoms with Gasteiger partial charge in [0.25, 0.3) is 5.91 Å². The Morgan fingerprint density at radius 3 is 2.31 bits per heavy atom. The molecule has 0 aromatic heterocycles. The first-order chi connectivity index (χ1) is 14.2. The maximum Gasteiger partial charge on any atom is 0.258 e. The summed E-state index contributed by atoms with van der Waals surface area (Å²) in [5, 5.41) is 0. The third kappa shape index (κ3) is 4.37. The second-order valence-electron chi connectivity index (χ2n) is 7.23. The minimum absolute atomic E-state index is 0.0550. The summed E-state index contributed by atoms with van der Waals surface area (Å²) >= 11 is 0. The molecular weight excluding hydrogens is 360 g/mol. The van der Waals surface area contributed by atoms with E-state index in [9.17, 15) is 9.59 Å². The predicted molar refractivity (Wildman–Crippen MR) is 116 cm³/mol. The minimum atomic E-state index is -0.0550. The van der Waals surface area contributed by atoms with Gasteiger partial charge in [0.15, 0.2) is 0 Å². The van der Waals surface area contributed by atoms with Gasteiger partial charge < -0.3 is 9.80 Å². The van der Waals surface area contributed by atoms with Gasteiger partial charge >= 0.3 is 0 Å². The van der Waals surface area contributed by atoms with Crippen LogP contribution in [0.25, 0.3) is 0 Å². The standard InChI is InChI=1S/C25H24N2O2/c28-24-15-8-17-26(24)23-14-7-11-21(19-23)25(29)27(22-12-5-2-6-13-22)18-16-20-9-3-1-4-10-20/h1-7,9-14,19H,8,15-18H2. The molecule has 0 atom stereocenters. The maximum absolute atomic E-state index is 13.4. The van der Waals surface area contributed by atoms with Crippen LogP contribution >= 0.6 is 0 Å². The Balaban J connectivity index is 1.60. The lowest BCUT2D eigenvalue weighted by molar-refractivity contribution is -0.117. The van der Waals surface area contributed by atoms with Crippen molar-refractivity contribution in [1.29, 1.82) is 0 Å². The molecule has 0 bridgehead atoms. The van der Waals surface area contributed by atoms with Crippen molar-refractivity contribution in [3.05, 3.63) is 96.1 Å². The van der Waals surface area contributed by atoms with E-state index in [1.165, 1.54) is 5.56 Å². The van der Waals surface area contributed by atoms with Crippen molar-refractivity contribution in [3.63, 3.8) is 0 Å². The highest BCUT2D eigenvalue weighted by Gasteiger charge is 2.23. The SMILES string of the molecule is O=C1CCCN1c1cccc(C(=O)N(CCc2ccccc2)c2ccccc2)c1. The smallest absolute Gasteiger partial charge is 0.258 e. The van der Waals surface area contributed by atoms with Crippen LogP contribution in [0.2, 0.25) is 0 Å². The Kier molecular flexibility index (Phi) is 5.71. The molecule has 1 heterocycles. The highest BCUT2D eigenvalue weighted by molar-refractivity contribution is 6.07.